The lowest BCUT2D eigenvalue weighted by Crippen LogP contribution is -1.90. The summed E-state index contributed by atoms with van der Waals surface area (Å²) < 4.78 is 0. The van der Waals surface area contributed by atoms with Crippen LogP contribution in [0.2, 0.25) is 0 Å². The zero-order chi connectivity index (χ0) is 8.97. The molecule has 0 aromatic rings. The molecule has 0 atom stereocenters. The summed E-state index contributed by atoms with van der Waals surface area (Å²) in [5, 5.41) is 7.60. The molecule has 0 aromatic heterocycles. The van der Waals surface area contributed by atoms with Crippen LogP contribution in [0.3, 0.4) is 0 Å². The summed E-state index contributed by atoms with van der Waals surface area (Å²) in [4.78, 5) is 9.25. The van der Waals surface area contributed by atoms with Crippen molar-refractivity contribution in [3.05, 3.63) is 12.7 Å². The van der Waals surface area contributed by atoms with Crippen molar-refractivity contribution in [3.8, 4) is 0 Å². The van der Waals surface area contributed by atoms with E-state index < -0.39 is 5.97 Å². The molecule has 2 bridgehead atoms. The van der Waals surface area contributed by atoms with Crippen molar-refractivity contribution in [1.82, 2.24) is 0 Å². The van der Waals surface area contributed by atoms with E-state index >= 15 is 0 Å². The molecule has 68 valence electrons. The van der Waals surface area contributed by atoms with Gasteiger partial charge in [-0.3, -0.25) is 0 Å². The Morgan fingerprint density at radius 2 is 1.58 bits per heavy atom. The first-order chi connectivity index (χ1) is 5.72. The summed E-state index contributed by atoms with van der Waals surface area (Å²) in [6.45, 7) is 2.96. The Bertz CT molecular complexity index is 157. The summed E-state index contributed by atoms with van der Waals surface area (Å²) in [5.74, 6) is 1.36. The molecule has 2 aliphatic rings. The van der Waals surface area contributed by atoms with Crippen LogP contribution in [0.4, 0.5) is 0 Å². The average molecular weight is 168 g/mol. The number of hydrogen-bond acceptors (Lipinski definition) is 1. The molecule has 2 nitrogen and oxygen atoms in total. The van der Waals surface area contributed by atoms with Gasteiger partial charge in [0.2, 0.25) is 0 Å². The number of hydrogen-bond donors (Lipinski definition) is 1. The van der Waals surface area contributed by atoms with Gasteiger partial charge in [0.25, 0.3) is 0 Å². The molecule has 0 spiro atoms. The fourth-order valence-electron chi connectivity index (χ4n) is 2.17. The molecular formula is C10H16O2. The van der Waals surface area contributed by atoms with Gasteiger partial charge < -0.3 is 5.11 Å². The third kappa shape index (κ3) is 2.68. The maximum absolute atomic E-state index is 9.25. The molecule has 0 unspecified atom stereocenters. The Kier molecular flexibility index (Phi) is 3.32. The molecule has 2 aliphatic carbocycles. The van der Waals surface area contributed by atoms with E-state index in [0.717, 1.165) is 6.08 Å². The molecule has 1 N–H and O–H groups in total. The molecule has 2 rings (SSSR count). The maximum atomic E-state index is 9.25. The molecular weight excluding hydrogens is 152 g/mol. The Morgan fingerprint density at radius 3 is 1.67 bits per heavy atom. The van der Waals surface area contributed by atoms with Gasteiger partial charge in [0.15, 0.2) is 0 Å². The SMILES string of the molecule is C1CC2CCC1C2.C=CC(=O)O. The van der Waals surface area contributed by atoms with Crippen molar-refractivity contribution in [3.63, 3.8) is 0 Å². The van der Waals surface area contributed by atoms with Gasteiger partial charge in [-0.05, 0) is 18.3 Å². The number of carbonyl (C=O) groups is 1. The smallest absolute Gasteiger partial charge is 0.327 e. The number of carboxylic acids is 1. The highest BCUT2D eigenvalue weighted by Crippen LogP contribution is 2.43. The van der Waals surface area contributed by atoms with Gasteiger partial charge in [-0.1, -0.05) is 32.3 Å². The van der Waals surface area contributed by atoms with Crippen LogP contribution in [0, 0.1) is 11.8 Å². The number of carboxylic acid groups (broad SMARTS) is 1. The lowest BCUT2D eigenvalue weighted by molar-refractivity contribution is -0.131. The minimum Gasteiger partial charge on any atom is -0.478 e. The summed E-state index contributed by atoms with van der Waals surface area (Å²) in [6.07, 6.45) is 8.66. The first kappa shape index (κ1) is 9.30. The molecule has 12 heavy (non-hydrogen) atoms. The second kappa shape index (κ2) is 4.29. The van der Waals surface area contributed by atoms with Crippen molar-refractivity contribution in [2.45, 2.75) is 32.1 Å². The predicted octanol–water partition coefficient (Wildman–Crippen LogP) is 2.45. The van der Waals surface area contributed by atoms with Crippen molar-refractivity contribution in [2.75, 3.05) is 0 Å². The van der Waals surface area contributed by atoms with Crippen LogP contribution in [0.1, 0.15) is 32.1 Å². The largest absolute Gasteiger partial charge is 0.478 e. The van der Waals surface area contributed by atoms with Crippen molar-refractivity contribution in [1.29, 1.82) is 0 Å². The average Bonchev–Trinajstić information content (AvgIpc) is 2.67. The monoisotopic (exact) mass is 168 g/mol. The second-order valence-corrected chi connectivity index (χ2v) is 3.66. The zero-order valence-corrected chi connectivity index (χ0v) is 7.33. The van der Waals surface area contributed by atoms with Gasteiger partial charge in [0, 0.05) is 6.08 Å². The highest BCUT2D eigenvalue weighted by molar-refractivity contribution is 5.78. The number of rotatable bonds is 1. The number of aliphatic carboxylic acids is 1. The third-order valence-corrected chi connectivity index (χ3v) is 2.81. The van der Waals surface area contributed by atoms with E-state index in [9.17, 15) is 4.79 Å². The van der Waals surface area contributed by atoms with Crippen molar-refractivity contribution >= 4 is 5.97 Å². The maximum Gasteiger partial charge on any atom is 0.327 e. The minimum atomic E-state index is -0.981. The van der Waals surface area contributed by atoms with Crippen LogP contribution >= 0.6 is 0 Å². The molecule has 2 saturated carbocycles. The van der Waals surface area contributed by atoms with Crippen LogP contribution in [-0.2, 0) is 4.79 Å². The summed E-state index contributed by atoms with van der Waals surface area (Å²) in [6, 6.07) is 0. The number of fused-ring (bicyclic) bond motifs is 2. The topological polar surface area (TPSA) is 37.3 Å². The Labute approximate surface area is 73.3 Å². The van der Waals surface area contributed by atoms with Gasteiger partial charge in [-0.25, -0.2) is 4.79 Å². The van der Waals surface area contributed by atoms with Crippen LogP contribution in [0.5, 0.6) is 0 Å². The van der Waals surface area contributed by atoms with E-state index in [4.69, 9.17) is 5.11 Å². The molecule has 2 fully saturated rings. The quantitative estimate of drug-likeness (QED) is 0.610. The fourth-order valence-corrected chi connectivity index (χ4v) is 2.17. The van der Waals surface area contributed by atoms with E-state index in [1.807, 2.05) is 0 Å². The van der Waals surface area contributed by atoms with Gasteiger partial charge in [0.1, 0.15) is 0 Å². The molecule has 0 aromatic carbocycles. The lowest BCUT2D eigenvalue weighted by atomic mass is 10.0. The normalized spacial score (nSPS) is 30.7. The standard InChI is InChI=1S/C7H12.C3H4O2/c1-2-7-4-3-6(1)5-7;1-2-3(4)5/h6-7H,1-5H2;2H,1H2,(H,4,5). The van der Waals surface area contributed by atoms with Gasteiger partial charge in [-0.2, -0.15) is 0 Å². The Hall–Kier alpha value is -0.790. The van der Waals surface area contributed by atoms with Gasteiger partial charge >= 0.3 is 5.97 Å². The lowest BCUT2D eigenvalue weighted by Gasteiger charge is -2.05. The molecule has 0 radical (unpaired) electrons. The summed E-state index contributed by atoms with van der Waals surface area (Å²) in [5.41, 5.74) is 0. The van der Waals surface area contributed by atoms with Crippen LogP contribution in [0.15, 0.2) is 12.7 Å². The van der Waals surface area contributed by atoms with E-state index in [1.165, 1.54) is 11.8 Å². The molecule has 0 amide bonds. The molecule has 0 heterocycles. The Morgan fingerprint density at radius 1 is 1.25 bits per heavy atom. The minimum absolute atomic E-state index is 0.833. The second-order valence-electron chi connectivity index (χ2n) is 3.66. The van der Waals surface area contributed by atoms with Crippen LogP contribution < -0.4 is 0 Å². The van der Waals surface area contributed by atoms with Crippen molar-refractivity contribution < 1.29 is 9.90 Å². The fraction of sp³-hybridized carbons (Fsp3) is 0.700. The first-order valence-electron chi connectivity index (χ1n) is 4.57. The van der Waals surface area contributed by atoms with E-state index in [-0.39, 0.29) is 0 Å². The van der Waals surface area contributed by atoms with Gasteiger partial charge in [0.05, 0.1) is 0 Å². The molecule has 0 aliphatic heterocycles. The predicted molar refractivity (Wildman–Crippen MR) is 47.9 cm³/mol. The zero-order valence-electron chi connectivity index (χ0n) is 7.33. The Balaban J connectivity index is 0.000000130. The highest BCUT2D eigenvalue weighted by Gasteiger charge is 2.30. The van der Waals surface area contributed by atoms with Crippen LogP contribution in [0.25, 0.3) is 0 Å². The highest BCUT2D eigenvalue weighted by atomic mass is 16.4. The summed E-state index contributed by atoms with van der Waals surface area (Å²) in [7, 11) is 0. The summed E-state index contributed by atoms with van der Waals surface area (Å²) >= 11 is 0. The van der Waals surface area contributed by atoms with E-state index in [2.05, 4.69) is 6.58 Å². The van der Waals surface area contributed by atoms with E-state index in [1.54, 1.807) is 32.1 Å². The van der Waals surface area contributed by atoms with E-state index in [0.29, 0.717) is 0 Å². The third-order valence-electron chi connectivity index (χ3n) is 2.81. The van der Waals surface area contributed by atoms with Crippen LogP contribution in [-0.4, -0.2) is 11.1 Å². The first-order valence-corrected chi connectivity index (χ1v) is 4.57. The molecule has 2 heteroatoms. The van der Waals surface area contributed by atoms with Crippen molar-refractivity contribution in [2.24, 2.45) is 11.8 Å². The van der Waals surface area contributed by atoms with Gasteiger partial charge in [-0.15, -0.1) is 0 Å². The molecule has 0 saturated heterocycles.